The Morgan fingerprint density at radius 3 is 2.74 bits per heavy atom. The lowest BCUT2D eigenvalue weighted by Gasteiger charge is -2.06. The molecule has 0 aliphatic carbocycles. The molecule has 0 aliphatic rings. The van der Waals surface area contributed by atoms with E-state index in [2.05, 4.69) is 0 Å². The van der Waals surface area contributed by atoms with E-state index >= 15 is 0 Å². The summed E-state index contributed by atoms with van der Waals surface area (Å²) in [6.45, 7) is 2.51. The molecule has 19 heavy (non-hydrogen) atoms. The number of benzene rings is 2. The maximum absolute atomic E-state index is 11.9. The number of oxazole rings is 1. The van der Waals surface area contributed by atoms with Crippen LogP contribution in [0.1, 0.15) is 11.1 Å². The Bertz CT molecular complexity index is 799. The molecule has 0 amide bonds. The summed E-state index contributed by atoms with van der Waals surface area (Å²) in [6, 6.07) is 13.4. The summed E-state index contributed by atoms with van der Waals surface area (Å²) in [5.74, 6) is -0.379. The highest BCUT2D eigenvalue weighted by atomic mass is 16.4. The molecular formula is C15H14N2O2. The highest BCUT2D eigenvalue weighted by Gasteiger charge is 2.12. The number of fused-ring (bicyclic) bond motifs is 1. The molecule has 1 heterocycles. The van der Waals surface area contributed by atoms with Gasteiger partial charge in [-0.1, -0.05) is 30.3 Å². The fraction of sp³-hybridized carbons (Fsp3) is 0.133. The second-order valence-corrected chi connectivity index (χ2v) is 4.58. The van der Waals surface area contributed by atoms with Gasteiger partial charge in [-0.2, -0.15) is 0 Å². The minimum atomic E-state index is -0.379. The summed E-state index contributed by atoms with van der Waals surface area (Å²) in [6.07, 6.45) is 0. The molecule has 0 bridgehead atoms. The van der Waals surface area contributed by atoms with Crippen molar-refractivity contribution in [3.63, 3.8) is 0 Å². The van der Waals surface area contributed by atoms with Gasteiger partial charge in [0, 0.05) is 0 Å². The zero-order valence-corrected chi connectivity index (χ0v) is 10.6. The highest BCUT2D eigenvalue weighted by Crippen LogP contribution is 2.20. The van der Waals surface area contributed by atoms with Crippen molar-refractivity contribution in [3.05, 3.63) is 64.1 Å². The van der Waals surface area contributed by atoms with Crippen molar-refractivity contribution < 1.29 is 4.42 Å². The first-order valence-electron chi connectivity index (χ1n) is 6.09. The van der Waals surface area contributed by atoms with Crippen molar-refractivity contribution in [1.29, 1.82) is 0 Å². The van der Waals surface area contributed by atoms with Gasteiger partial charge in [-0.15, -0.1) is 0 Å². The average Bonchev–Trinajstić information content (AvgIpc) is 2.71. The van der Waals surface area contributed by atoms with E-state index < -0.39 is 0 Å². The van der Waals surface area contributed by atoms with Gasteiger partial charge in [0.2, 0.25) is 0 Å². The van der Waals surface area contributed by atoms with E-state index in [1.807, 2.05) is 43.3 Å². The minimum absolute atomic E-state index is 0.379. The molecule has 2 N–H and O–H groups in total. The molecule has 0 saturated carbocycles. The van der Waals surface area contributed by atoms with Crippen LogP contribution in [-0.2, 0) is 6.54 Å². The maximum Gasteiger partial charge on any atom is 0.420 e. The van der Waals surface area contributed by atoms with Crippen molar-refractivity contribution in [3.8, 4) is 0 Å². The van der Waals surface area contributed by atoms with Crippen molar-refractivity contribution in [1.82, 2.24) is 4.57 Å². The molecule has 0 spiro atoms. The average molecular weight is 254 g/mol. The SMILES string of the molecule is Cc1ccccc1Cn1c(=O)oc2c(N)cccc21. The van der Waals surface area contributed by atoms with Gasteiger partial charge in [0.05, 0.1) is 17.7 Å². The summed E-state index contributed by atoms with van der Waals surface area (Å²) >= 11 is 0. The molecule has 0 saturated heterocycles. The Labute approximate surface area is 110 Å². The van der Waals surface area contributed by atoms with Crippen LogP contribution < -0.4 is 11.5 Å². The lowest BCUT2D eigenvalue weighted by atomic mass is 10.1. The van der Waals surface area contributed by atoms with E-state index in [4.69, 9.17) is 10.2 Å². The van der Waals surface area contributed by atoms with Gasteiger partial charge in [-0.05, 0) is 30.2 Å². The van der Waals surface area contributed by atoms with Crippen LogP contribution in [0.4, 0.5) is 5.69 Å². The summed E-state index contributed by atoms with van der Waals surface area (Å²) in [7, 11) is 0. The Morgan fingerprint density at radius 2 is 1.95 bits per heavy atom. The van der Waals surface area contributed by atoms with Crippen LogP contribution in [0.3, 0.4) is 0 Å². The van der Waals surface area contributed by atoms with Gasteiger partial charge < -0.3 is 10.2 Å². The number of aromatic nitrogens is 1. The van der Waals surface area contributed by atoms with E-state index in [1.54, 1.807) is 10.6 Å². The van der Waals surface area contributed by atoms with Crippen molar-refractivity contribution >= 4 is 16.8 Å². The van der Waals surface area contributed by atoms with Gasteiger partial charge in [-0.3, -0.25) is 4.57 Å². The normalized spacial score (nSPS) is 11.0. The van der Waals surface area contributed by atoms with Crippen molar-refractivity contribution in [2.45, 2.75) is 13.5 Å². The monoisotopic (exact) mass is 254 g/mol. The quantitative estimate of drug-likeness (QED) is 0.715. The highest BCUT2D eigenvalue weighted by molar-refractivity contribution is 5.84. The zero-order chi connectivity index (χ0) is 13.4. The third-order valence-electron chi connectivity index (χ3n) is 3.31. The number of anilines is 1. The molecule has 96 valence electrons. The Balaban J connectivity index is 2.16. The Kier molecular flexibility index (Phi) is 2.63. The second-order valence-electron chi connectivity index (χ2n) is 4.58. The number of hydrogen-bond donors (Lipinski definition) is 1. The number of hydrogen-bond acceptors (Lipinski definition) is 3. The van der Waals surface area contributed by atoms with Crippen LogP contribution in [0.5, 0.6) is 0 Å². The molecule has 3 aromatic rings. The van der Waals surface area contributed by atoms with Crippen LogP contribution in [0, 0.1) is 6.92 Å². The number of para-hydroxylation sites is 1. The fourth-order valence-corrected chi connectivity index (χ4v) is 2.21. The molecule has 0 unspecified atom stereocenters. The first kappa shape index (κ1) is 11.6. The molecule has 0 atom stereocenters. The smallest absolute Gasteiger partial charge is 0.405 e. The van der Waals surface area contributed by atoms with Crippen molar-refractivity contribution in [2.24, 2.45) is 0 Å². The Hall–Kier alpha value is -2.49. The van der Waals surface area contributed by atoms with Gasteiger partial charge >= 0.3 is 5.76 Å². The maximum atomic E-state index is 11.9. The number of aryl methyl sites for hydroxylation is 1. The molecule has 0 radical (unpaired) electrons. The van der Waals surface area contributed by atoms with Crippen LogP contribution in [0.25, 0.3) is 11.1 Å². The summed E-state index contributed by atoms with van der Waals surface area (Å²) in [4.78, 5) is 11.9. The van der Waals surface area contributed by atoms with Crippen LogP contribution >= 0.6 is 0 Å². The predicted molar refractivity (Wildman–Crippen MR) is 75.2 cm³/mol. The number of rotatable bonds is 2. The number of nitrogens with two attached hydrogens (primary N) is 1. The number of nitrogen functional groups attached to an aromatic ring is 1. The molecule has 0 fully saturated rings. The van der Waals surface area contributed by atoms with Gasteiger partial charge in [0.1, 0.15) is 0 Å². The van der Waals surface area contributed by atoms with E-state index in [-0.39, 0.29) is 5.76 Å². The largest absolute Gasteiger partial charge is 0.420 e. The third kappa shape index (κ3) is 1.91. The second kappa shape index (κ2) is 4.31. The van der Waals surface area contributed by atoms with Gasteiger partial charge in [-0.25, -0.2) is 4.79 Å². The standard InChI is InChI=1S/C15H14N2O2/c1-10-5-2-3-6-11(10)9-17-13-8-4-7-12(16)14(13)19-15(17)18/h2-8H,9,16H2,1H3. The van der Waals surface area contributed by atoms with Gasteiger partial charge in [0.25, 0.3) is 0 Å². The minimum Gasteiger partial charge on any atom is -0.405 e. The first-order chi connectivity index (χ1) is 9.16. The molecule has 1 aromatic heterocycles. The molecule has 2 aromatic carbocycles. The molecular weight excluding hydrogens is 240 g/mol. The summed E-state index contributed by atoms with van der Waals surface area (Å²) < 4.78 is 6.83. The van der Waals surface area contributed by atoms with Gasteiger partial charge in [0.15, 0.2) is 5.58 Å². The topological polar surface area (TPSA) is 61.2 Å². The molecule has 4 heteroatoms. The van der Waals surface area contributed by atoms with E-state index in [1.165, 1.54) is 0 Å². The van der Waals surface area contributed by atoms with Crippen LogP contribution in [0.2, 0.25) is 0 Å². The van der Waals surface area contributed by atoms with E-state index in [0.29, 0.717) is 17.8 Å². The Morgan fingerprint density at radius 1 is 1.16 bits per heavy atom. The van der Waals surface area contributed by atoms with Crippen LogP contribution in [-0.4, -0.2) is 4.57 Å². The lowest BCUT2D eigenvalue weighted by Crippen LogP contribution is -2.15. The third-order valence-corrected chi connectivity index (χ3v) is 3.31. The lowest BCUT2D eigenvalue weighted by molar-refractivity contribution is 0.518. The molecule has 0 aliphatic heterocycles. The summed E-state index contributed by atoms with van der Waals surface area (Å²) in [5, 5.41) is 0. The van der Waals surface area contributed by atoms with E-state index in [9.17, 15) is 4.79 Å². The zero-order valence-electron chi connectivity index (χ0n) is 10.6. The van der Waals surface area contributed by atoms with E-state index in [0.717, 1.165) is 16.6 Å². The summed E-state index contributed by atoms with van der Waals surface area (Å²) in [5.41, 5.74) is 9.73. The molecule has 3 rings (SSSR count). The predicted octanol–water partition coefficient (Wildman–Crippen LogP) is 2.53. The van der Waals surface area contributed by atoms with Crippen LogP contribution in [0.15, 0.2) is 51.7 Å². The molecule has 4 nitrogen and oxygen atoms in total. The fourth-order valence-electron chi connectivity index (χ4n) is 2.21. The van der Waals surface area contributed by atoms with Crippen molar-refractivity contribution in [2.75, 3.05) is 5.73 Å². The number of nitrogens with zero attached hydrogens (tertiary/aromatic N) is 1. The first-order valence-corrected chi connectivity index (χ1v) is 6.09.